The van der Waals surface area contributed by atoms with E-state index in [1.165, 1.54) is 53.2 Å². The van der Waals surface area contributed by atoms with E-state index in [0.29, 0.717) is 12.0 Å². The Morgan fingerprint density at radius 2 is 1.80 bits per heavy atom. The van der Waals surface area contributed by atoms with Crippen LogP contribution in [0.1, 0.15) is 30.9 Å². The Morgan fingerprint density at radius 3 is 2.56 bits per heavy atom. The SMILES string of the molecule is CN1CC(CN)CC1c1ccc2c(c1)c1ccccc1n2CC1CC1. The third kappa shape index (κ3) is 2.57. The highest BCUT2D eigenvalue weighted by Crippen LogP contribution is 2.39. The molecule has 1 saturated heterocycles. The van der Waals surface area contributed by atoms with E-state index in [9.17, 15) is 0 Å². The molecule has 0 radical (unpaired) electrons. The van der Waals surface area contributed by atoms with Gasteiger partial charge in [-0.3, -0.25) is 4.90 Å². The topological polar surface area (TPSA) is 34.2 Å². The van der Waals surface area contributed by atoms with Crippen LogP contribution in [0.2, 0.25) is 0 Å². The molecule has 0 amide bonds. The van der Waals surface area contributed by atoms with E-state index in [0.717, 1.165) is 19.0 Å². The average Bonchev–Trinajstić information content (AvgIpc) is 3.31. The molecule has 1 saturated carbocycles. The second-order valence-electron chi connectivity index (χ2n) is 8.14. The van der Waals surface area contributed by atoms with Gasteiger partial charge in [0.1, 0.15) is 0 Å². The molecule has 1 aliphatic carbocycles. The number of para-hydroxylation sites is 1. The first-order valence-corrected chi connectivity index (χ1v) is 9.66. The summed E-state index contributed by atoms with van der Waals surface area (Å²) >= 11 is 0. The van der Waals surface area contributed by atoms with Crippen molar-refractivity contribution in [2.45, 2.75) is 31.8 Å². The fourth-order valence-corrected chi connectivity index (χ4v) is 4.70. The van der Waals surface area contributed by atoms with Gasteiger partial charge in [0.2, 0.25) is 0 Å². The molecule has 0 spiro atoms. The largest absolute Gasteiger partial charge is 0.340 e. The van der Waals surface area contributed by atoms with Crippen molar-refractivity contribution < 1.29 is 0 Å². The minimum absolute atomic E-state index is 0.503. The standard InChI is InChI=1S/C22H27N3/c1-24-13-16(12-23)10-22(24)17-8-9-21-19(11-17)18-4-2-3-5-20(18)25(21)14-15-6-7-15/h2-5,8-9,11,15-16,22H,6-7,10,12-14,23H2,1H3. The summed E-state index contributed by atoms with van der Waals surface area (Å²) in [5.41, 5.74) is 10.2. The van der Waals surface area contributed by atoms with Crippen molar-refractivity contribution in [2.24, 2.45) is 17.6 Å². The highest BCUT2D eigenvalue weighted by atomic mass is 15.2. The van der Waals surface area contributed by atoms with Crippen LogP contribution in [0.5, 0.6) is 0 Å². The van der Waals surface area contributed by atoms with Crippen LogP contribution in [0.15, 0.2) is 42.5 Å². The molecular formula is C22H27N3. The van der Waals surface area contributed by atoms with Crippen LogP contribution in [0.25, 0.3) is 21.8 Å². The molecule has 1 aromatic heterocycles. The van der Waals surface area contributed by atoms with Crippen molar-refractivity contribution in [1.29, 1.82) is 0 Å². The minimum atomic E-state index is 0.503. The fraction of sp³-hybridized carbons (Fsp3) is 0.455. The quantitative estimate of drug-likeness (QED) is 0.778. The maximum atomic E-state index is 5.93. The predicted octanol–water partition coefficient (Wildman–Crippen LogP) is 4.16. The highest BCUT2D eigenvalue weighted by molar-refractivity contribution is 6.08. The monoisotopic (exact) mass is 333 g/mol. The van der Waals surface area contributed by atoms with Crippen molar-refractivity contribution in [3.05, 3.63) is 48.0 Å². The minimum Gasteiger partial charge on any atom is -0.340 e. The Bertz CT molecular complexity index is 922. The fourth-order valence-electron chi connectivity index (χ4n) is 4.70. The number of fused-ring (bicyclic) bond motifs is 3. The average molecular weight is 333 g/mol. The summed E-state index contributed by atoms with van der Waals surface area (Å²) in [6.45, 7) is 3.08. The van der Waals surface area contributed by atoms with Crippen molar-refractivity contribution >= 4 is 21.8 Å². The Hall–Kier alpha value is -1.84. The van der Waals surface area contributed by atoms with Crippen LogP contribution in [0.4, 0.5) is 0 Å². The Balaban J connectivity index is 1.63. The summed E-state index contributed by atoms with van der Waals surface area (Å²) < 4.78 is 2.55. The molecular weight excluding hydrogens is 306 g/mol. The summed E-state index contributed by atoms with van der Waals surface area (Å²) in [7, 11) is 2.24. The first-order valence-electron chi connectivity index (χ1n) is 9.66. The third-order valence-corrected chi connectivity index (χ3v) is 6.29. The number of nitrogens with two attached hydrogens (primary N) is 1. The van der Waals surface area contributed by atoms with E-state index in [1.807, 2.05) is 0 Å². The molecule has 3 nitrogen and oxygen atoms in total. The highest BCUT2D eigenvalue weighted by Gasteiger charge is 2.30. The van der Waals surface area contributed by atoms with Gasteiger partial charge in [-0.2, -0.15) is 0 Å². The molecule has 3 heteroatoms. The van der Waals surface area contributed by atoms with Gasteiger partial charge in [0.05, 0.1) is 0 Å². The van der Waals surface area contributed by atoms with Gasteiger partial charge in [-0.25, -0.2) is 0 Å². The van der Waals surface area contributed by atoms with Crippen LogP contribution in [-0.4, -0.2) is 29.6 Å². The molecule has 25 heavy (non-hydrogen) atoms. The molecule has 2 N–H and O–H groups in total. The number of likely N-dealkylation sites (tertiary alicyclic amines) is 1. The van der Waals surface area contributed by atoms with Gasteiger partial charge < -0.3 is 10.3 Å². The maximum Gasteiger partial charge on any atom is 0.0491 e. The zero-order valence-electron chi connectivity index (χ0n) is 15.0. The summed E-state index contributed by atoms with van der Waals surface area (Å²) in [6.07, 6.45) is 3.96. The van der Waals surface area contributed by atoms with Gasteiger partial charge in [0.25, 0.3) is 0 Å². The van der Waals surface area contributed by atoms with Crippen molar-refractivity contribution in [3.63, 3.8) is 0 Å². The van der Waals surface area contributed by atoms with Gasteiger partial charge in [0, 0.05) is 40.9 Å². The van der Waals surface area contributed by atoms with E-state index in [1.54, 1.807) is 0 Å². The van der Waals surface area contributed by atoms with Crippen molar-refractivity contribution in [2.75, 3.05) is 20.1 Å². The number of hydrogen-bond donors (Lipinski definition) is 1. The van der Waals surface area contributed by atoms with E-state index in [2.05, 4.69) is 59.0 Å². The first kappa shape index (κ1) is 15.4. The summed E-state index contributed by atoms with van der Waals surface area (Å²) in [4.78, 5) is 2.47. The zero-order chi connectivity index (χ0) is 17.0. The lowest BCUT2D eigenvalue weighted by molar-refractivity contribution is 0.314. The van der Waals surface area contributed by atoms with Crippen LogP contribution in [0.3, 0.4) is 0 Å². The second kappa shape index (κ2) is 5.86. The molecule has 1 aliphatic heterocycles. The Labute approximate surface area is 149 Å². The number of hydrogen-bond acceptors (Lipinski definition) is 2. The molecule has 5 rings (SSSR count). The summed E-state index contributed by atoms with van der Waals surface area (Å²) in [6, 6.07) is 16.6. The molecule has 2 aromatic carbocycles. The molecule has 0 bridgehead atoms. The van der Waals surface area contributed by atoms with Gasteiger partial charge in [-0.15, -0.1) is 0 Å². The molecule has 2 fully saturated rings. The molecule has 3 aromatic rings. The molecule has 2 atom stereocenters. The first-order chi connectivity index (χ1) is 12.2. The molecule has 2 heterocycles. The smallest absolute Gasteiger partial charge is 0.0491 e. The number of benzene rings is 2. The van der Waals surface area contributed by atoms with Crippen LogP contribution in [0, 0.1) is 11.8 Å². The zero-order valence-corrected chi connectivity index (χ0v) is 15.0. The predicted molar refractivity (Wildman–Crippen MR) is 105 cm³/mol. The lowest BCUT2D eigenvalue weighted by Crippen LogP contribution is -2.20. The third-order valence-electron chi connectivity index (χ3n) is 6.29. The lowest BCUT2D eigenvalue weighted by atomic mass is 9.98. The van der Waals surface area contributed by atoms with E-state index in [4.69, 9.17) is 5.73 Å². The summed E-state index contributed by atoms with van der Waals surface area (Å²) in [5.74, 6) is 1.51. The number of aromatic nitrogens is 1. The molecule has 2 unspecified atom stereocenters. The van der Waals surface area contributed by atoms with Gasteiger partial charge >= 0.3 is 0 Å². The normalized spacial score (nSPS) is 24.6. The van der Waals surface area contributed by atoms with Crippen LogP contribution in [-0.2, 0) is 6.54 Å². The van der Waals surface area contributed by atoms with Gasteiger partial charge in [0.15, 0.2) is 0 Å². The Kier molecular flexibility index (Phi) is 3.61. The Morgan fingerprint density at radius 1 is 1.00 bits per heavy atom. The van der Waals surface area contributed by atoms with E-state index >= 15 is 0 Å². The number of nitrogens with zero attached hydrogens (tertiary/aromatic N) is 2. The lowest BCUT2D eigenvalue weighted by Gasteiger charge is -2.20. The molecule has 2 aliphatic rings. The van der Waals surface area contributed by atoms with Crippen molar-refractivity contribution in [3.8, 4) is 0 Å². The second-order valence-corrected chi connectivity index (χ2v) is 8.14. The van der Waals surface area contributed by atoms with Gasteiger partial charge in [-0.05, 0) is 68.5 Å². The summed E-state index contributed by atoms with van der Waals surface area (Å²) in [5, 5.41) is 2.81. The van der Waals surface area contributed by atoms with E-state index in [-0.39, 0.29) is 0 Å². The maximum absolute atomic E-state index is 5.93. The molecule has 130 valence electrons. The van der Waals surface area contributed by atoms with E-state index < -0.39 is 0 Å². The number of rotatable bonds is 4. The van der Waals surface area contributed by atoms with Crippen LogP contribution < -0.4 is 5.73 Å². The van der Waals surface area contributed by atoms with Gasteiger partial charge in [-0.1, -0.05) is 24.3 Å². The van der Waals surface area contributed by atoms with Crippen LogP contribution >= 0.6 is 0 Å². The van der Waals surface area contributed by atoms with Crippen molar-refractivity contribution in [1.82, 2.24) is 9.47 Å².